The zero-order valence-corrected chi connectivity index (χ0v) is 13.2. The van der Waals surface area contributed by atoms with E-state index in [-0.39, 0.29) is 30.5 Å². The predicted octanol–water partition coefficient (Wildman–Crippen LogP) is 1.95. The number of aliphatic hydroxyl groups excluding tert-OH is 2. The van der Waals surface area contributed by atoms with Gasteiger partial charge in [0.25, 0.3) is 0 Å². The van der Waals surface area contributed by atoms with Gasteiger partial charge in [0.1, 0.15) is 24.6 Å². The first-order valence-corrected chi connectivity index (χ1v) is 8.03. The molecule has 1 heterocycles. The summed E-state index contributed by atoms with van der Waals surface area (Å²) in [6, 6.07) is 6.94. The van der Waals surface area contributed by atoms with Crippen LogP contribution in [0, 0.1) is 11.8 Å². The molecule has 5 nitrogen and oxygen atoms in total. The highest BCUT2D eigenvalue weighted by Gasteiger charge is 2.48. The molecule has 0 spiro atoms. The molecule has 1 aromatic carbocycles. The molecule has 2 N–H and O–H groups in total. The molecular formula is C17H19ClO5. The lowest BCUT2D eigenvalue weighted by Gasteiger charge is -2.15. The Morgan fingerprint density at radius 3 is 3.09 bits per heavy atom. The van der Waals surface area contributed by atoms with Gasteiger partial charge in [0.15, 0.2) is 0 Å². The van der Waals surface area contributed by atoms with Crippen molar-refractivity contribution in [1.29, 1.82) is 0 Å². The van der Waals surface area contributed by atoms with Crippen molar-refractivity contribution in [2.75, 3.05) is 6.61 Å². The molecule has 3 rings (SSSR count). The van der Waals surface area contributed by atoms with Crippen molar-refractivity contribution < 1.29 is 24.5 Å². The summed E-state index contributed by atoms with van der Waals surface area (Å²) in [5.74, 6) is 0.193. The summed E-state index contributed by atoms with van der Waals surface area (Å²) < 4.78 is 10.6. The highest BCUT2D eigenvalue weighted by molar-refractivity contribution is 6.30. The lowest BCUT2D eigenvalue weighted by atomic mass is 9.91. The largest absolute Gasteiger partial charge is 0.491 e. The minimum absolute atomic E-state index is 0.00482. The number of halogens is 1. The zero-order chi connectivity index (χ0) is 16.4. The number of esters is 1. The van der Waals surface area contributed by atoms with Crippen molar-refractivity contribution >= 4 is 17.6 Å². The topological polar surface area (TPSA) is 76.0 Å². The first kappa shape index (κ1) is 16.3. The molecule has 0 radical (unpaired) electrons. The van der Waals surface area contributed by atoms with Crippen molar-refractivity contribution in [2.45, 2.75) is 31.2 Å². The summed E-state index contributed by atoms with van der Waals surface area (Å²) in [5.41, 5.74) is 0. The summed E-state index contributed by atoms with van der Waals surface area (Å²) in [4.78, 5) is 11.3. The van der Waals surface area contributed by atoms with Crippen LogP contribution in [-0.4, -0.2) is 41.1 Å². The monoisotopic (exact) mass is 338 g/mol. The predicted molar refractivity (Wildman–Crippen MR) is 84.2 cm³/mol. The minimum Gasteiger partial charge on any atom is -0.491 e. The molecule has 23 heavy (non-hydrogen) atoms. The van der Waals surface area contributed by atoms with Gasteiger partial charge in [-0.2, -0.15) is 0 Å². The molecule has 0 bridgehead atoms. The Labute approximate surface area is 139 Å². The van der Waals surface area contributed by atoms with Crippen LogP contribution in [0.1, 0.15) is 12.8 Å². The number of aliphatic hydroxyl groups is 2. The number of carbonyl (C=O) groups excluding carboxylic acids is 1. The van der Waals surface area contributed by atoms with E-state index in [1.807, 2.05) is 0 Å². The van der Waals surface area contributed by atoms with Crippen molar-refractivity contribution in [2.24, 2.45) is 11.8 Å². The van der Waals surface area contributed by atoms with E-state index in [1.165, 1.54) is 0 Å². The van der Waals surface area contributed by atoms with Gasteiger partial charge in [0, 0.05) is 23.3 Å². The molecule has 1 saturated heterocycles. The maximum absolute atomic E-state index is 11.3. The van der Waals surface area contributed by atoms with Gasteiger partial charge >= 0.3 is 5.97 Å². The maximum Gasteiger partial charge on any atom is 0.306 e. The average Bonchev–Trinajstić information content (AvgIpc) is 2.98. The van der Waals surface area contributed by atoms with Crippen LogP contribution in [0.15, 0.2) is 36.4 Å². The number of rotatable bonds is 5. The smallest absolute Gasteiger partial charge is 0.306 e. The Balaban J connectivity index is 1.53. The van der Waals surface area contributed by atoms with Gasteiger partial charge < -0.3 is 19.7 Å². The molecule has 6 heteroatoms. The number of ether oxygens (including phenoxy) is 2. The van der Waals surface area contributed by atoms with E-state index in [0.29, 0.717) is 23.6 Å². The van der Waals surface area contributed by atoms with E-state index in [0.717, 1.165) is 0 Å². The Hall–Kier alpha value is -1.56. The van der Waals surface area contributed by atoms with Crippen LogP contribution in [0.25, 0.3) is 0 Å². The molecule has 0 unspecified atom stereocenters. The second-order valence-electron chi connectivity index (χ2n) is 6.00. The minimum atomic E-state index is -0.807. The second-order valence-corrected chi connectivity index (χ2v) is 6.43. The summed E-state index contributed by atoms with van der Waals surface area (Å²) in [6.07, 6.45) is 2.60. The number of hydrogen-bond acceptors (Lipinski definition) is 5. The Morgan fingerprint density at radius 2 is 2.30 bits per heavy atom. The third-order valence-corrected chi connectivity index (χ3v) is 4.58. The zero-order valence-electron chi connectivity index (χ0n) is 12.5. The van der Waals surface area contributed by atoms with Crippen LogP contribution >= 0.6 is 11.6 Å². The van der Waals surface area contributed by atoms with Gasteiger partial charge in [-0.05, 0) is 18.2 Å². The van der Waals surface area contributed by atoms with Gasteiger partial charge in [0.2, 0.25) is 0 Å². The summed E-state index contributed by atoms with van der Waals surface area (Å²) >= 11 is 5.86. The Bertz CT molecular complexity index is 602. The number of hydrogen-bond donors (Lipinski definition) is 2. The maximum atomic E-state index is 11.3. The molecule has 1 aliphatic heterocycles. The van der Waals surface area contributed by atoms with E-state index in [9.17, 15) is 15.0 Å². The second kappa shape index (κ2) is 6.91. The van der Waals surface area contributed by atoms with Gasteiger partial charge in [0.05, 0.1) is 12.5 Å². The summed E-state index contributed by atoms with van der Waals surface area (Å²) in [7, 11) is 0. The molecule has 1 saturated carbocycles. The standard InChI is InChI=1S/C17H19ClO5/c18-10-2-1-3-12(6-10)22-9-11(19)4-5-13-14-7-17(21)23-16(14)8-15(13)20/h1-6,11,13-16,19-20H,7-9H2/b5-4+/t11-,13+,14+,15+,16-/m0/s1. The molecular weight excluding hydrogens is 320 g/mol. The third kappa shape index (κ3) is 3.86. The van der Waals surface area contributed by atoms with E-state index in [1.54, 1.807) is 36.4 Å². The van der Waals surface area contributed by atoms with E-state index >= 15 is 0 Å². The Kier molecular flexibility index (Phi) is 4.90. The molecule has 5 atom stereocenters. The third-order valence-electron chi connectivity index (χ3n) is 4.35. The van der Waals surface area contributed by atoms with Crippen LogP contribution in [0.4, 0.5) is 0 Å². The number of carbonyl (C=O) groups is 1. The van der Waals surface area contributed by atoms with Crippen molar-refractivity contribution in [1.82, 2.24) is 0 Å². The van der Waals surface area contributed by atoms with Crippen molar-refractivity contribution in [3.05, 3.63) is 41.4 Å². The van der Waals surface area contributed by atoms with Gasteiger partial charge in [-0.25, -0.2) is 0 Å². The van der Waals surface area contributed by atoms with Crippen molar-refractivity contribution in [3.63, 3.8) is 0 Å². The van der Waals surface area contributed by atoms with E-state index in [4.69, 9.17) is 21.1 Å². The molecule has 2 aliphatic rings. The fourth-order valence-electron chi connectivity index (χ4n) is 3.24. The molecule has 0 amide bonds. The van der Waals surface area contributed by atoms with Crippen LogP contribution in [-0.2, 0) is 9.53 Å². The normalized spacial score (nSPS) is 31.2. The molecule has 2 fully saturated rings. The fourth-order valence-corrected chi connectivity index (χ4v) is 3.42. The van der Waals surface area contributed by atoms with E-state index < -0.39 is 12.2 Å². The Morgan fingerprint density at radius 1 is 1.48 bits per heavy atom. The van der Waals surface area contributed by atoms with Gasteiger partial charge in [-0.15, -0.1) is 0 Å². The lowest BCUT2D eigenvalue weighted by molar-refractivity contribution is -0.141. The molecule has 124 valence electrons. The summed E-state index contributed by atoms with van der Waals surface area (Å²) in [6.45, 7) is 0.0865. The first-order chi connectivity index (χ1) is 11.0. The highest BCUT2D eigenvalue weighted by Crippen LogP contribution is 2.42. The van der Waals surface area contributed by atoms with Gasteiger partial charge in [-0.3, -0.25) is 4.79 Å². The van der Waals surface area contributed by atoms with Gasteiger partial charge in [-0.1, -0.05) is 29.8 Å². The summed E-state index contributed by atoms with van der Waals surface area (Å²) in [5, 5.41) is 20.6. The van der Waals surface area contributed by atoms with Crippen molar-refractivity contribution in [3.8, 4) is 5.75 Å². The van der Waals surface area contributed by atoms with Crippen LogP contribution < -0.4 is 4.74 Å². The SMILES string of the molecule is O=C1C[C@@H]2[C@@H](/C=C/[C@H](O)COc3cccc(Cl)c3)[C@H](O)C[C@@H]2O1. The van der Waals surface area contributed by atoms with Crippen LogP contribution in [0.2, 0.25) is 5.02 Å². The molecule has 1 aromatic rings. The quantitative estimate of drug-likeness (QED) is 0.634. The fraction of sp³-hybridized carbons (Fsp3) is 0.471. The highest BCUT2D eigenvalue weighted by atomic mass is 35.5. The lowest BCUT2D eigenvalue weighted by Crippen LogP contribution is -2.20. The molecule has 0 aromatic heterocycles. The first-order valence-electron chi connectivity index (χ1n) is 7.65. The van der Waals surface area contributed by atoms with E-state index in [2.05, 4.69) is 0 Å². The van der Waals surface area contributed by atoms with Crippen LogP contribution in [0.3, 0.4) is 0 Å². The average molecular weight is 339 g/mol. The molecule has 1 aliphatic carbocycles. The number of fused-ring (bicyclic) bond motifs is 1. The number of benzene rings is 1. The van der Waals surface area contributed by atoms with Crippen LogP contribution in [0.5, 0.6) is 5.75 Å².